The van der Waals surface area contributed by atoms with Gasteiger partial charge in [-0.15, -0.1) is 5.10 Å². The normalized spacial score (nSPS) is 19.9. The van der Waals surface area contributed by atoms with Gasteiger partial charge in [-0.05, 0) is 19.8 Å². The fourth-order valence-electron chi connectivity index (χ4n) is 2.52. The van der Waals surface area contributed by atoms with Crippen LogP contribution in [0.5, 0.6) is 5.88 Å². The van der Waals surface area contributed by atoms with E-state index in [1.807, 2.05) is 6.92 Å². The van der Waals surface area contributed by atoms with Crippen molar-refractivity contribution in [2.45, 2.75) is 25.9 Å². The summed E-state index contributed by atoms with van der Waals surface area (Å²) in [7, 11) is 1.57. The minimum absolute atomic E-state index is 0.308. The van der Waals surface area contributed by atoms with Gasteiger partial charge < -0.3 is 14.7 Å². The van der Waals surface area contributed by atoms with Crippen molar-refractivity contribution in [2.24, 2.45) is 0 Å². The molecule has 2 N–H and O–H groups in total. The first kappa shape index (κ1) is 12.2. The van der Waals surface area contributed by atoms with Crippen molar-refractivity contribution < 1.29 is 9.84 Å². The summed E-state index contributed by atoms with van der Waals surface area (Å²) in [6.45, 7) is 3.30. The van der Waals surface area contributed by atoms with Gasteiger partial charge in [0.1, 0.15) is 17.0 Å². The molecule has 1 fully saturated rings. The number of aromatic nitrogens is 4. The van der Waals surface area contributed by atoms with Gasteiger partial charge in [0.25, 0.3) is 0 Å². The van der Waals surface area contributed by atoms with Gasteiger partial charge in [0.15, 0.2) is 5.65 Å². The van der Waals surface area contributed by atoms with E-state index in [1.165, 1.54) is 0 Å². The molecule has 7 nitrogen and oxygen atoms in total. The number of aromatic amines is 1. The van der Waals surface area contributed by atoms with Crippen LogP contribution in [-0.4, -0.2) is 51.6 Å². The third-order valence-electron chi connectivity index (χ3n) is 3.37. The number of rotatable bonds is 2. The fraction of sp³-hybridized carbons (Fsp3) is 0.583. The van der Waals surface area contributed by atoms with Crippen LogP contribution >= 0.6 is 0 Å². The molecule has 7 heteroatoms. The molecule has 1 aliphatic rings. The van der Waals surface area contributed by atoms with E-state index in [9.17, 15) is 5.11 Å². The fourth-order valence-corrected chi connectivity index (χ4v) is 2.52. The molecule has 1 atom stereocenters. The number of anilines is 1. The van der Waals surface area contributed by atoms with Gasteiger partial charge in [-0.1, -0.05) is 0 Å². The van der Waals surface area contributed by atoms with E-state index in [0.717, 1.165) is 30.6 Å². The number of ether oxygens (including phenoxy) is 1. The first-order valence-electron chi connectivity index (χ1n) is 6.38. The summed E-state index contributed by atoms with van der Waals surface area (Å²) in [5.41, 5.74) is 0.666. The lowest BCUT2D eigenvalue weighted by atomic mass is 10.1. The van der Waals surface area contributed by atoms with Crippen LogP contribution in [0.25, 0.3) is 11.0 Å². The topological polar surface area (TPSA) is 87.2 Å². The Hall–Kier alpha value is -1.89. The highest BCUT2D eigenvalue weighted by atomic mass is 16.5. The number of piperidine rings is 1. The molecule has 1 unspecified atom stereocenters. The molecule has 3 rings (SSSR count). The van der Waals surface area contributed by atoms with Gasteiger partial charge in [-0.25, -0.2) is 9.97 Å². The average molecular weight is 263 g/mol. The number of aliphatic hydroxyl groups excluding tert-OH is 1. The Labute approximate surface area is 110 Å². The van der Waals surface area contributed by atoms with Crippen LogP contribution in [0.15, 0.2) is 0 Å². The number of fused-ring (bicyclic) bond motifs is 1. The monoisotopic (exact) mass is 263 g/mol. The summed E-state index contributed by atoms with van der Waals surface area (Å²) in [4.78, 5) is 10.9. The third kappa shape index (κ3) is 2.10. The summed E-state index contributed by atoms with van der Waals surface area (Å²) in [5.74, 6) is 1.95. The number of nitrogens with zero attached hydrogens (tertiary/aromatic N) is 4. The van der Waals surface area contributed by atoms with E-state index in [1.54, 1.807) is 7.11 Å². The summed E-state index contributed by atoms with van der Waals surface area (Å²) in [6, 6.07) is 0. The Bertz CT molecular complexity index is 597. The van der Waals surface area contributed by atoms with Gasteiger partial charge in [-0.3, -0.25) is 5.10 Å². The quantitative estimate of drug-likeness (QED) is 0.826. The minimum atomic E-state index is -0.308. The number of aryl methyl sites for hydroxylation is 1. The summed E-state index contributed by atoms with van der Waals surface area (Å²) < 4.78 is 5.25. The minimum Gasteiger partial charge on any atom is -0.479 e. The van der Waals surface area contributed by atoms with Crippen LogP contribution in [0, 0.1) is 6.92 Å². The van der Waals surface area contributed by atoms with E-state index in [-0.39, 0.29) is 6.10 Å². The van der Waals surface area contributed by atoms with Crippen molar-refractivity contribution in [2.75, 3.05) is 25.1 Å². The van der Waals surface area contributed by atoms with Gasteiger partial charge in [-0.2, -0.15) is 0 Å². The number of hydrogen-bond acceptors (Lipinski definition) is 6. The van der Waals surface area contributed by atoms with Crippen LogP contribution in [0.3, 0.4) is 0 Å². The van der Waals surface area contributed by atoms with E-state index in [0.29, 0.717) is 23.9 Å². The second kappa shape index (κ2) is 4.65. The van der Waals surface area contributed by atoms with Crippen molar-refractivity contribution in [1.29, 1.82) is 0 Å². The molecule has 102 valence electrons. The van der Waals surface area contributed by atoms with E-state index in [4.69, 9.17) is 4.74 Å². The van der Waals surface area contributed by atoms with Crippen LogP contribution in [0.1, 0.15) is 18.7 Å². The zero-order chi connectivity index (χ0) is 13.4. The van der Waals surface area contributed by atoms with Gasteiger partial charge in [0.2, 0.25) is 5.88 Å². The van der Waals surface area contributed by atoms with Crippen LogP contribution in [-0.2, 0) is 0 Å². The number of H-pyrrole nitrogens is 1. The summed E-state index contributed by atoms with van der Waals surface area (Å²) in [6.07, 6.45) is 1.48. The van der Waals surface area contributed by atoms with E-state index in [2.05, 4.69) is 25.1 Å². The largest absolute Gasteiger partial charge is 0.479 e. The Morgan fingerprint density at radius 3 is 3.00 bits per heavy atom. The predicted molar refractivity (Wildman–Crippen MR) is 70.4 cm³/mol. The first-order chi connectivity index (χ1) is 9.19. The molecule has 0 amide bonds. The average Bonchev–Trinajstić information content (AvgIpc) is 2.80. The zero-order valence-electron chi connectivity index (χ0n) is 11.1. The first-order valence-corrected chi connectivity index (χ1v) is 6.38. The lowest BCUT2D eigenvalue weighted by Gasteiger charge is -2.31. The highest BCUT2D eigenvalue weighted by Crippen LogP contribution is 2.31. The maximum Gasteiger partial charge on any atom is 0.245 e. The number of nitrogens with one attached hydrogen (secondary N) is 1. The smallest absolute Gasteiger partial charge is 0.245 e. The highest BCUT2D eigenvalue weighted by Gasteiger charge is 2.24. The third-order valence-corrected chi connectivity index (χ3v) is 3.37. The maximum atomic E-state index is 9.82. The Morgan fingerprint density at radius 2 is 2.26 bits per heavy atom. The lowest BCUT2D eigenvalue weighted by molar-refractivity contribution is 0.154. The second-order valence-corrected chi connectivity index (χ2v) is 4.79. The Kier molecular flexibility index (Phi) is 2.98. The van der Waals surface area contributed by atoms with Crippen molar-refractivity contribution >= 4 is 16.9 Å². The molecule has 0 saturated carbocycles. The van der Waals surface area contributed by atoms with Gasteiger partial charge >= 0.3 is 0 Å². The Balaban J connectivity index is 2.12. The number of methoxy groups -OCH3 is 1. The number of hydrogen-bond donors (Lipinski definition) is 2. The molecule has 0 radical (unpaired) electrons. The molecule has 2 aromatic rings. The molecule has 1 aliphatic heterocycles. The van der Waals surface area contributed by atoms with Crippen LogP contribution in [0.4, 0.5) is 5.82 Å². The maximum absolute atomic E-state index is 9.82. The standard InChI is InChI=1S/C12H17N5O2/c1-7-13-10-9(12(19-2)16-15-10)11(14-7)17-5-3-4-8(18)6-17/h8,18H,3-6H2,1-2H3,(H,13,14,15,16). The summed E-state index contributed by atoms with van der Waals surface area (Å²) in [5, 5.41) is 17.5. The second-order valence-electron chi connectivity index (χ2n) is 4.79. The number of aliphatic hydroxyl groups is 1. The molecule has 0 spiro atoms. The molecular formula is C12H17N5O2. The molecule has 2 aromatic heterocycles. The van der Waals surface area contributed by atoms with Crippen LogP contribution in [0.2, 0.25) is 0 Å². The van der Waals surface area contributed by atoms with Crippen molar-refractivity contribution in [3.05, 3.63) is 5.82 Å². The molecule has 0 aliphatic carbocycles. The summed E-state index contributed by atoms with van der Waals surface area (Å²) >= 11 is 0. The predicted octanol–water partition coefficient (Wildman–Crippen LogP) is 0.631. The molecular weight excluding hydrogens is 246 g/mol. The molecule has 0 aromatic carbocycles. The molecule has 0 bridgehead atoms. The van der Waals surface area contributed by atoms with Crippen molar-refractivity contribution in [3.8, 4) is 5.88 Å². The van der Waals surface area contributed by atoms with Gasteiger partial charge in [0.05, 0.1) is 13.2 Å². The SMILES string of the molecule is COc1n[nH]c2nc(C)nc(N3CCCC(O)C3)c12. The molecule has 1 saturated heterocycles. The van der Waals surface area contributed by atoms with Crippen molar-refractivity contribution in [3.63, 3.8) is 0 Å². The van der Waals surface area contributed by atoms with E-state index < -0.39 is 0 Å². The zero-order valence-corrected chi connectivity index (χ0v) is 11.1. The van der Waals surface area contributed by atoms with Crippen molar-refractivity contribution in [1.82, 2.24) is 20.2 Å². The number of β-amino-alcohol motifs (C(OH)–C–C–N with tert-alkyl or cyclic N) is 1. The lowest BCUT2D eigenvalue weighted by Crippen LogP contribution is -2.39. The van der Waals surface area contributed by atoms with Gasteiger partial charge in [0, 0.05) is 13.1 Å². The van der Waals surface area contributed by atoms with Crippen LogP contribution < -0.4 is 9.64 Å². The molecule has 3 heterocycles. The Morgan fingerprint density at radius 1 is 1.42 bits per heavy atom. The van der Waals surface area contributed by atoms with E-state index >= 15 is 0 Å². The molecule has 19 heavy (non-hydrogen) atoms. The highest BCUT2D eigenvalue weighted by molar-refractivity contribution is 5.92.